The van der Waals surface area contributed by atoms with Gasteiger partial charge < -0.3 is 10.5 Å². The number of thiocarbonyl (C=S) groups is 1. The Hall–Kier alpha value is -0.510. The molecule has 0 radical (unpaired) electrons. The molecule has 0 spiro atoms. The van der Waals surface area contributed by atoms with Crippen LogP contribution in [0.5, 0.6) is 5.75 Å². The van der Waals surface area contributed by atoms with E-state index in [-0.39, 0.29) is 11.1 Å². The smallest absolute Gasteiger partial charge is 0.157 e. The molecule has 0 amide bonds. The van der Waals surface area contributed by atoms with E-state index in [1.54, 1.807) is 25.1 Å². The summed E-state index contributed by atoms with van der Waals surface area (Å²) in [6, 6.07) is 5.12. The maximum absolute atomic E-state index is 5.88. The maximum Gasteiger partial charge on any atom is 0.157 e. The van der Waals surface area contributed by atoms with E-state index in [1.165, 1.54) is 0 Å². The van der Waals surface area contributed by atoms with Crippen LogP contribution in [-0.2, 0) is 0 Å². The fourth-order valence-electron chi connectivity index (χ4n) is 0.830. The highest BCUT2D eigenvalue weighted by Crippen LogP contribution is 2.32. The molecule has 0 aliphatic heterocycles. The normalized spacial score (nSPS) is 12.2. The number of halogens is 2. The average Bonchev–Trinajstić information content (AvgIpc) is 2.11. The Kier molecular flexibility index (Phi) is 3.98. The summed E-state index contributed by atoms with van der Waals surface area (Å²) < 4.78 is 5.41. The minimum absolute atomic E-state index is 0.265. The topological polar surface area (TPSA) is 35.2 Å². The Labute approximate surface area is 97.9 Å². The van der Waals surface area contributed by atoms with Crippen LogP contribution in [-0.4, -0.2) is 11.1 Å². The van der Waals surface area contributed by atoms with Gasteiger partial charge in [-0.25, -0.2) is 0 Å². The molecule has 1 aromatic carbocycles. The molecule has 0 fully saturated rings. The van der Waals surface area contributed by atoms with Crippen LogP contribution in [0.1, 0.15) is 6.92 Å². The molecule has 1 aromatic rings. The maximum atomic E-state index is 5.88. The molecule has 2 N–H and O–H groups in total. The monoisotopic (exact) mass is 249 g/mol. The molecule has 0 aliphatic rings. The number of hydrogen-bond donors (Lipinski definition) is 1. The van der Waals surface area contributed by atoms with Gasteiger partial charge in [-0.15, -0.1) is 0 Å². The zero-order valence-electron chi connectivity index (χ0n) is 7.46. The highest BCUT2D eigenvalue weighted by molar-refractivity contribution is 7.80. The predicted octanol–water partition coefficient (Wildman–Crippen LogP) is 3.05. The zero-order chi connectivity index (χ0) is 10.7. The van der Waals surface area contributed by atoms with Crippen molar-refractivity contribution < 1.29 is 4.74 Å². The van der Waals surface area contributed by atoms with Crippen LogP contribution < -0.4 is 10.5 Å². The second-order valence-corrected chi connectivity index (χ2v) is 4.00. The number of rotatable bonds is 3. The molecule has 1 rings (SSSR count). The molecule has 0 saturated carbocycles. The van der Waals surface area contributed by atoms with Gasteiger partial charge in [0.25, 0.3) is 0 Å². The minimum atomic E-state index is -0.387. The lowest BCUT2D eigenvalue weighted by molar-refractivity contribution is 0.289. The van der Waals surface area contributed by atoms with E-state index in [9.17, 15) is 0 Å². The number of benzene rings is 1. The van der Waals surface area contributed by atoms with Gasteiger partial charge in [0.05, 0.1) is 10.0 Å². The van der Waals surface area contributed by atoms with Crippen LogP contribution in [0.4, 0.5) is 0 Å². The van der Waals surface area contributed by atoms with E-state index >= 15 is 0 Å². The lowest BCUT2D eigenvalue weighted by Crippen LogP contribution is -2.29. The number of hydrogen-bond acceptors (Lipinski definition) is 2. The van der Waals surface area contributed by atoms with Gasteiger partial charge in [-0.3, -0.25) is 0 Å². The van der Waals surface area contributed by atoms with Crippen molar-refractivity contribution in [2.24, 2.45) is 5.73 Å². The highest BCUT2D eigenvalue weighted by Gasteiger charge is 2.12. The Morgan fingerprint density at radius 1 is 1.43 bits per heavy atom. The first-order chi connectivity index (χ1) is 6.52. The van der Waals surface area contributed by atoms with Crippen LogP contribution in [0.3, 0.4) is 0 Å². The van der Waals surface area contributed by atoms with Crippen LogP contribution in [0.15, 0.2) is 18.2 Å². The van der Waals surface area contributed by atoms with E-state index in [0.717, 1.165) is 0 Å². The standard InChI is InChI=1S/C9H9Cl2NOS/c1-5(9(12)14)13-8-6(10)3-2-4-7(8)11/h2-5H,1H3,(H2,12,14). The molecule has 76 valence electrons. The highest BCUT2D eigenvalue weighted by atomic mass is 35.5. The molecule has 0 aromatic heterocycles. The van der Waals surface area contributed by atoms with Gasteiger partial charge in [0, 0.05) is 0 Å². The third-order valence-electron chi connectivity index (χ3n) is 1.61. The lowest BCUT2D eigenvalue weighted by Gasteiger charge is -2.15. The summed E-state index contributed by atoms with van der Waals surface area (Å²) >= 11 is 16.5. The van der Waals surface area contributed by atoms with Gasteiger partial charge in [-0.2, -0.15) is 0 Å². The molecule has 1 unspecified atom stereocenters. The molecule has 2 nitrogen and oxygen atoms in total. The van der Waals surface area contributed by atoms with Crippen molar-refractivity contribution in [3.05, 3.63) is 28.2 Å². The van der Waals surface area contributed by atoms with Gasteiger partial charge in [0.1, 0.15) is 11.1 Å². The van der Waals surface area contributed by atoms with E-state index in [0.29, 0.717) is 15.8 Å². The van der Waals surface area contributed by atoms with Crippen LogP contribution in [0, 0.1) is 0 Å². The number of ether oxygens (including phenoxy) is 1. The van der Waals surface area contributed by atoms with Gasteiger partial charge in [-0.1, -0.05) is 41.5 Å². The SMILES string of the molecule is CC(Oc1c(Cl)cccc1Cl)C(N)=S. The summed E-state index contributed by atoms with van der Waals surface area (Å²) in [7, 11) is 0. The number of para-hydroxylation sites is 1. The van der Waals surface area contributed by atoms with Crippen LogP contribution >= 0.6 is 35.4 Å². The fraction of sp³-hybridized carbons (Fsp3) is 0.222. The molecular formula is C9H9Cl2NOS. The fourth-order valence-corrected chi connectivity index (χ4v) is 1.36. The van der Waals surface area contributed by atoms with Gasteiger partial charge in [0.2, 0.25) is 0 Å². The average molecular weight is 250 g/mol. The summed E-state index contributed by atoms with van der Waals surface area (Å²) in [5.41, 5.74) is 5.40. The molecule has 0 saturated heterocycles. The first-order valence-corrected chi connectivity index (χ1v) is 5.08. The van der Waals surface area contributed by atoms with Gasteiger partial charge in [-0.05, 0) is 19.1 Å². The molecule has 5 heteroatoms. The number of nitrogens with two attached hydrogens (primary N) is 1. The van der Waals surface area contributed by atoms with Crippen molar-refractivity contribution >= 4 is 40.4 Å². The van der Waals surface area contributed by atoms with E-state index in [2.05, 4.69) is 0 Å². The second-order valence-electron chi connectivity index (χ2n) is 2.71. The molecule has 14 heavy (non-hydrogen) atoms. The van der Waals surface area contributed by atoms with Gasteiger partial charge >= 0.3 is 0 Å². The van der Waals surface area contributed by atoms with Crippen molar-refractivity contribution in [3.63, 3.8) is 0 Å². The molecule has 0 bridgehead atoms. The van der Waals surface area contributed by atoms with E-state index in [1.807, 2.05) is 0 Å². The third-order valence-corrected chi connectivity index (χ3v) is 2.54. The molecule has 0 aliphatic carbocycles. The first-order valence-electron chi connectivity index (χ1n) is 3.92. The largest absolute Gasteiger partial charge is 0.480 e. The summed E-state index contributed by atoms with van der Waals surface area (Å²) in [6.07, 6.45) is -0.387. The molecule has 1 atom stereocenters. The van der Waals surface area contributed by atoms with Crippen LogP contribution in [0.2, 0.25) is 10.0 Å². The third kappa shape index (κ3) is 2.74. The van der Waals surface area contributed by atoms with Crippen molar-refractivity contribution in [1.82, 2.24) is 0 Å². The summed E-state index contributed by atoms with van der Waals surface area (Å²) in [4.78, 5) is 0.265. The van der Waals surface area contributed by atoms with Crippen molar-refractivity contribution in [2.75, 3.05) is 0 Å². The van der Waals surface area contributed by atoms with Crippen molar-refractivity contribution in [2.45, 2.75) is 13.0 Å². The lowest BCUT2D eigenvalue weighted by atomic mass is 10.3. The second kappa shape index (κ2) is 4.82. The van der Waals surface area contributed by atoms with Crippen molar-refractivity contribution in [1.29, 1.82) is 0 Å². The Morgan fingerprint density at radius 3 is 2.36 bits per heavy atom. The Bertz CT molecular complexity index is 336. The quantitative estimate of drug-likeness (QED) is 0.837. The summed E-state index contributed by atoms with van der Waals surface area (Å²) in [5, 5.41) is 0.890. The summed E-state index contributed by atoms with van der Waals surface area (Å²) in [5.74, 6) is 0.413. The van der Waals surface area contributed by atoms with E-state index < -0.39 is 0 Å². The molecular weight excluding hydrogens is 241 g/mol. The zero-order valence-corrected chi connectivity index (χ0v) is 9.79. The van der Waals surface area contributed by atoms with Crippen molar-refractivity contribution in [3.8, 4) is 5.75 Å². The van der Waals surface area contributed by atoms with E-state index in [4.69, 9.17) is 45.9 Å². The van der Waals surface area contributed by atoms with Gasteiger partial charge in [0.15, 0.2) is 5.75 Å². The van der Waals surface area contributed by atoms with Crippen LogP contribution in [0.25, 0.3) is 0 Å². The Balaban J connectivity index is 2.91. The minimum Gasteiger partial charge on any atom is -0.480 e. The predicted molar refractivity (Wildman–Crippen MR) is 63.3 cm³/mol. The summed E-state index contributed by atoms with van der Waals surface area (Å²) in [6.45, 7) is 1.74. The Morgan fingerprint density at radius 2 is 1.93 bits per heavy atom. The molecule has 0 heterocycles. The first kappa shape index (κ1) is 11.6.